The number of carbonyl (C=O) groups excluding carboxylic acids is 3. The van der Waals surface area contributed by atoms with Crippen molar-refractivity contribution in [3.8, 4) is 0 Å². The van der Waals surface area contributed by atoms with Gasteiger partial charge >= 0.3 is 17.9 Å². The van der Waals surface area contributed by atoms with Crippen molar-refractivity contribution in [1.82, 2.24) is 4.90 Å². The van der Waals surface area contributed by atoms with Crippen molar-refractivity contribution in [2.75, 3.05) is 20.3 Å². The van der Waals surface area contributed by atoms with Crippen LogP contribution >= 0.6 is 0 Å². The highest BCUT2D eigenvalue weighted by atomic mass is 16.6. The topological polar surface area (TPSA) is 82.1 Å². The second-order valence-corrected chi connectivity index (χ2v) is 10.9. The van der Waals surface area contributed by atoms with Gasteiger partial charge < -0.3 is 14.2 Å². The summed E-state index contributed by atoms with van der Waals surface area (Å²) >= 11 is 0. The lowest BCUT2D eigenvalue weighted by molar-refractivity contribution is -0.164. The lowest BCUT2D eigenvalue weighted by Gasteiger charge is -2.54. The lowest BCUT2D eigenvalue weighted by atomic mass is 9.75. The summed E-state index contributed by atoms with van der Waals surface area (Å²) in [6.07, 6.45) is 3.91. The predicted octanol–water partition coefficient (Wildman–Crippen LogP) is 4.90. The minimum atomic E-state index is -0.543. The highest BCUT2D eigenvalue weighted by molar-refractivity contribution is 5.78. The van der Waals surface area contributed by atoms with Gasteiger partial charge in [-0.1, -0.05) is 34.1 Å². The molecule has 1 heterocycles. The molecule has 0 aromatic carbocycles. The number of hydrogen-bond donors (Lipinski definition) is 0. The molecule has 33 heavy (non-hydrogen) atoms. The molecule has 0 saturated carbocycles. The van der Waals surface area contributed by atoms with E-state index in [1.54, 1.807) is 0 Å². The first-order valence-corrected chi connectivity index (χ1v) is 12.5. The number of rotatable bonds is 12. The van der Waals surface area contributed by atoms with E-state index >= 15 is 0 Å². The number of likely N-dealkylation sites (tertiary alicyclic amines) is 1. The van der Waals surface area contributed by atoms with Gasteiger partial charge in [0.05, 0.1) is 18.3 Å². The van der Waals surface area contributed by atoms with Crippen LogP contribution in [0.25, 0.3) is 0 Å². The Morgan fingerprint density at radius 1 is 1.00 bits per heavy atom. The molecule has 3 atom stereocenters. The van der Waals surface area contributed by atoms with Crippen LogP contribution in [0.2, 0.25) is 0 Å². The molecule has 7 nitrogen and oxygen atoms in total. The van der Waals surface area contributed by atoms with Crippen LogP contribution in [0.3, 0.4) is 0 Å². The molecular formula is C26H47NO6. The Labute approximate surface area is 200 Å². The Morgan fingerprint density at radius 2 is 1.58 bits per heavy atom. The summed E-state index contributed by atoms with van der Waals surface area (Å²) in [5.74, 6) is -0.984. The van der Waals surface area contributed by atoms with Crippen LogP contribution in [0.15, 0.2) is 0 Å². The van der Waals surface area contributed by atoms with E-state index in [2.05, 4.69) is 39.6 Å². The zero-order chi connectivity index (χ0) is 25.4. The number of nitrogens with zero attached hydrogens (tertiary/aromatic N) is 1. The summed E-state index contributed by atoms with van der Waals surface area (Å²) in [7, 11) is 2.13. The molecule has 0 aromatic rings. The van der Waals surface area contributed by atoms with Crippen molar-refractivity contribution < 1.29 is 28.6 Å². The largest absolute Gasteiger partial charge is 0.462 e. The molecule has 0 aliphatic carbocycles. The number of carbonyl (C=O) groups is 3. The zero-order valence-corrected chi connectivity index (χ0v) is 22.4. The maximum absolute atomic E-state index is 12.5. The van der Waals surface area contributed by atoms with E-state index in [9.17, 15) is 14.4 Å². The summed E-state index contributed by atoms with van der Waals surface area (Å²) in [6, 6.07) is 0. The fourth-order valence-electron chi connectivity index (χ4n) is 4.71. The molecule has 1 saturated heterocycles. The van der Waals surface area contributed by atoms with Gasteiger partial charge in [-0.15, -0.1) is 0 Å². The molecule has 1 fully saturated rings. The normalized spacial score (nSPS) is 24.7. The maximum Gasteiger partial charge on any atom is 0.312 e. The minimum absolute atomic E-state index is 0.0152. The Morgan fingerprint density at radius 3 is 2.12 bits per heavy atom. The second-order valence-electron chi connectivity index (χ2n) is 10.9. The molecule has 1 aliphatic rings. The molecule has 1 rings (SSSR count). The molecular weight excluding hydrogens is 422 g/mol. The van der Waals surface area contributed by atoms with Gasteiger partial charge in [0, 0.05) is 23.9 Å². The van der Waals surface area contributed by atoms with Crippen molar-refractivity contribution in [3.05, 3.63) is 0 Å². The maximum atomic E-state index is 12.5. The summed E-state index contributed by atoms with van der Waals surface area (Å²) in [5, 5.41) is 0. The van der Waals surface area contributed by atoms with Crippen molar-refractivity contribution in [3.63, 3.8) is 0 Å². The van der Waals surface area contributed by atoms with E-state index in [1.165, 1.54) is 0 Å². The standard InChI is InChI=1S/C26H47NO6/c1-10-14-26(8,19(3)4)23(30)32-16-15-31-21(28)12-13-22(29)33-20-17-24(5,6)27(9)25(7,11-2)18-20/h19-20H,10-18H2,1-9H3. The van der Waals surface area contributed by atoms with Crippen LogP contribution in [0.5, 0.6) is 0 Å². The molecule has 1 aliphatic heterocycles. The Balaban J connectivity index is 2.39. The van der Waals surface area contributed by atoms with Gasteiger partial charge in [-0.05, 0) is 53.5 Å². The SMILES string of the molecule is CCCC(C)(C(=O)OCCOC(=O)CCC(=O)OC1CC(C)(C)N(C)C(C)(CC)C1)C(C)C. The third-order valence-corrected chi connectivity index (χ3v) is 7.79. The number of piperidine rings is 1. The Kier molecular flexibility index (Phi) is 10.9. The van der Waals surface area contributed by atoms with Gasteiger partial charge in [-0.3, -0.25) is 19.3 Å². The highest BCUT2D eigenvalue weighted by Crippen LogP contribution is 2.40. The Bertz CT molecular complexity index is 676. The lowest BCUT2D eigenvalue weighted by Crippen LogP contribution is -2.61. The van der Waals surface area contributed by atoms with Gasteiger partial charge in [-0.25, -0.2) is 0 Å². The van der Waals surface area contributed by atoms with Crippen molar-refractivity contribution >= 4 is 17.9 Å². The average molecular weight is 470 g/mol. The highest BCUT2D eigenvalue weighted by Gasteiger charge is 2.46. The van der Waals surface area contributed by atoms with E-state index in [0.717, 1.165) is 32.1 Å². The monoisotopic (exact) mass is 469 g/mol. The zero-order valence-electron chi connectivity index (χ0n) is 22.4. The van der Waals surface area contributed by atoms with Gasteiger partial charge in [0.25, 0.3) is 0 Å². The smallest absolute Gasteiger partial charge is 0.312 e. The second kappa shape index (κ2) is 12.2. The summed E-state index contributed by atoms with van der Waals surface area (Å²) in [5.41, 5.74) is -0.655. The first kappa shape index (κ1) is 29.4. The van der Waals surface area contributed by atoms with E-state index in [4.69, 9.17) is 14.2 Å². The first-order valence-electron chi connectivity index (χ1n) is 12.5. The number of esters is 3. The summed E-state index contributed by atoms with van der Waals surface area (Å²) in [4.78, 5) is 39.2. The number of hydrogen-bond acceptors (Lipinski definition) is 7. The Hall–Kier alpha value is -1.63. The quantitative estimate of drug-likeness (QED) is 0.228. The van der Waals surface area contributed by atoms with Crippen LogP contribution in [0.4, 0.5) is 0 Å². The molecule has 0 amide bonds. The fourth-order valence-corrected chi connectivity index (χ4v) is 4.71. The van der Waals surface area contributed by atoms with Gasteiger partial charge in [-0.2, -0.15) is 0 Å². The third-order valence-electron chi connectivity index (χ3n) is 7.79. The molecule has 0 N–H and O–H groups in total. The van der Waals surface area contributed by atoms with E-state index in [1.807, 2.05) is 27.7 Å². The van der Waals surface area contributed by atoms with Crippen molar-refractivity contribution in [2.24, 2.45) is 11.3 Å². The summed E-state index contributed by atoms with van der Waals surface area (Å²) in [6.45, 7) is 16.6. The van der Waals surface area contributed by atoms with Gasteiger partial charge in [0.2, 0.25) is 0 Å². The molecule has 0 radical (unpaired) electrons. The van der Waals surface area contributed by atoms with Crippen molar-refractivity contribution in [1.29, 1.82) is 0 Å². The molecule has 192 valence electrons. The third kappa shape index (κ3) is 7.97. The summed E-state index contributed by atoms with van der Waals surface area (Å²) < 4.78 is 16.2. The molecule has 0 aromatic heterocycles. The molecule has 7 heteroatoms. The minimum Gasteiger partial charge on any atom is -0.462 e. The van der Waals surface area contributed by atoms with Crippen LogP contribution in [0.1, 0.15) is 100 Å². The number of ether oxygens (including phenoxy) is 3. The average Bonchev–Trinajstić information content (AvgIpc) is 2.73. The molecule has 0 bridgehead atoms. The fraction of sp³-hybridized carbons (Fsp3) is 0.885. The van der Waals surface area contributed by atoms with E-state index in [-0.39, 0.29) is 61.1 Å². The van der Waals surface area contributed by atoms with Crippen LogP contribution in [-0.2, 0) is 28.6 Å². The van der Waals surface area contributed by atoms with Crippen LogP contribution in [0, 0.1) is 11.3 Å². The van der Waals surface area contributed by atoms with E-state index < -0.39 is 11.4 Å². The predicted molar refractivity (Wildman–Crippen MR) is 129 cm³/mol. The van der Waals surface area contributed by atoms with E-state index in [0.29, 0.717) is 0 Å². The first-order chi connectivity index (χ1) is 15.2. The van der Waals surface area contributed by atoms with Crippen LogP contribution in [-0.4, -0.2) is 60.3 Å². The van der Waals surface area contributed by atoms with Gasteiger partial charge in [0.15, 0.2) is 0 Å². The molecule has 0 spiro atoms. The van der Waals surface area contributed by atoms with Gasteiger partial charge in [0.1, 0.15) is 19.3 Å². The van der Waals surface area contributed by atoms with Crippen LogP contribution < -0.4 is 0 Å². The molecule has 3 unspecified atom stereocenters. The van der Waals surface area contributed by atoms with Crippen molar-refractivity contribution in [2.45, 2.75) is 118 Å².